The molecule has 0 N–H and O–H groups in total. The molecule has 1 saturated carbocycles. The smallest absolute Gasteiger partial charge is 0.265 e. The number of likely N-dealkylation sites (N-methyl/N-ethyl adjacent to an activating group) is 1. The third-order valence-electron chi connectivity index (χ3n) is 6.33. The highest BCUT2D eigenvalue weighted by molar-refractivity contribution is 5.83. The lowest BCUT2D eigenvalue weighted by Crippen LogP contribution is -2.51. The first-order chi connectivity index (χ1) is 13.7. The quantitative estimate of drug-likeness (QED) is 0.818. The van der Waals surface area contributed by atoms with Gasteiger partial charge in [-0.15, -0.1) is 0 Å². The molecule has 0 radical (unpaired) electrons. The number of hydrogen-bond donors (Lipinski definition) is 0. The predicted octanol–water partition coefficient (Wildman–Crippen LogP) is 2.90. The summed E-state index contributed by atoms with van der Waals surface area (Å²) in [6, 6.07) is 7.93. The largest absolute Gasteiger partial charge is 0.477 e. The number of hydrogen-bond acceptors (Lipinski definition) is 4. The fourth-order valence-electron chi connectivity index (χ4n) is 4.51. The molecule has 3 heterocycles. The van der Waals surface area contributed by atoms with E-state index in [0.29, 0.717) is 12.5 Å². The van der Waals surface area contributed by atoms with E-state index in [4.69, 9.17) is 4.74 Å². The number of carbonyl (C=O) groups excluding carboxylic acids is 1. The highest BCUT2D eigenvalue weighted by Crippen LogP contribution is 2.35. The normalized spacial score (nSPS) is 22.7. The maximum atomic E-state index is 13.1. The molecule has 1 aromatic heterocycles. The van der Waals surface area contributed by atoms with Crippen molar-refractivity contribution in [2.24, 2.45) is 5.92 Å². The number of rotatable bonds is 4. The number of carbonyl (C=O) groups is 1. The number of fused-ring (bicyclic) bond motifs is 1. The summed E-state index contributed by atoms with van der Waals surface area (Å²) < 4.78 is 8.38. The van der Waals surface area contributed by atoms with E-state index >= 15 is 0 Å². The SMILES string of the molecule is CN1C[C@H](C(=O)N2CCC(c3nccn3CC3CC3)CC2)Oc2ccccc21. The van der Waals surface area contributed by atoms with Crippen LogP contribution < -0.4 is 9.64 Å². The van der Waals surface area contributed by atoms with Crippen molar-refractivity contribution in [3.8, 4) is 5.75 Å². The fourth-order valence-corrected chi connectivity index (χ4v) is 4.51. The van der Waals surface area contributed by atoms with Crippen molar-refractivity contribution in [1.29, 1.82) is 0 Å². The number of benzene rings is 1. The number of anilines is 1. The zero-order valence-electron chi connectivity index (χ0n) is 16.5. The van der Waals surface area contributed by atoms with Crippen LogP contribution in [0.3, 0.4) is 0 Å². The lowest BCUT2D eigenvalue weighted by atomic mass is 9.95. The molecule has 0 spiro atoms. The van der Waals surface area contributed by atoms with Crippen LogP contribution in [0.25, 0.3) is 0 Å². The molecule has 1 saturated heterocycles. The van der Waals surface area contributed by atoms with Crippen molar-refractivity contribution < 1.29 is 9.53 Å². The zero-order valence-corrected chi connectivity index (χ0v) is 16.5. The predicted molar refractivity (Wildman–Crippen MR) is 108 cm³/mol. The first kappa shape index (κ1) is 17.6. The summed E-state index contributed by atoms with van der Waals surface area (Å²) in [5.74, 6) is 3.42. The van der Waals surface area contributed by atoms with Crippen LogP contribution in [0.5, 0.6) is 5.75 Å². The summed E-state index contributed by atoms with van der Waals surface area (Å²) in [6.45, 7) is 3.27. The first-order valence-corrected chi connectivity index (χ1v) is 10.5. The van der Waals surface area contributed by atoms with Crippen LogP contribution in [-0.2, 0) is 11.3 Å². The Morgan fingerprint density at radius 1 is 1.18 bits per heavy atom. The van der Waals surface area contributed by atoms with Crippen LogP contribution >= 0.6 is 0 Å². The molecule has 1 atom stereocenters. The van der Waals surface area contributed by atoms with Crippen LogP contribution in [0.4, 0.5) is 5.69 Å². The molecule has 3 aliphatic rings. The Kier molecular flexibility index (Phi) is 4.49. The summed E-state index contributed by atoms with van der Waals surface area (Å²) in [6.07, 6.45) is 8.28. The monoisotopic (exact) mass is 380 g/mol. The molecule has 2 aromatic rings. The number of aromatic nitrogens is 2. The number of imidazole rings is 1. The summed E-state index contributed by atoms with van der Waals surface area (Å²) in [5.41, 5.74) is 1.05. The number of amides is 1. The Hall–Kier alpha value is -2.50. The zero-order chi connectivity index (χ0) is 19.1. The topological polar surface area (TPSA) is 50.6 Å². The molecule has 1 aromatic carbocycles. The van der Waals surface area contributed by atoms with E-state index in [9.17, 15) is 4.79 Å². The van der Waals surface area contributed by atoms with Crippen LogP contribution in [0.1, 0.15) is 37.4 Å². The van der Waals surface area contributed by atoms with Gasteiger partial charge in [0.2, 0.25) is 0 Å². The molecule has 0 bridgehead atoms. The second-order valence-corrected chi connectivity index (χ2v) is 8.44. The molecular formula is C22H28N4O2. The van der Waals surface area contributed by atoms with E-state index in [1.807, 2.05) is 42.4 Å². The third-order valence-corrected chi connectivity index (χ3v) is 6.33. The maximum Gasteiger partial charge on any atom is 0.265 e. The van der Waals surface area contributed by atoms with Gasteiger partial charge in [-0.1, -0.05) is 12.1 Å². The number of nitrogens with zero attached hydrogens (tertiary/aromatic N) is 4. The minimum absolute atomic E-state index is 0.112. The van der Waals surface area contributed by atoms with Crippen LogP contribution in [0.15, 0.2) is 36.7 Å². The average molecular weight is 380 g/mol. The van der Waals surface area contributed by atoms with Gasteiger partial charge in [-0.05, 0) is 43.7 Å². The Bertz CT molecular complexity index is 852. The van der Waals surface area contributed by atoms with Gasteiger partial charge in [0, 0.05) is 45.0 Å². The van der Waals surface area contributed by atoms with Crippen molar-refractivity contribution in [3.05, 3.63) is 42.5 Å². The Labute approximate surface area is 166 Å². The summed E-state index contributed by atoms with van der Waals surface area (Å²) in [5, 5.41) is 0. The second-order valence-electron chi connectivity index (χ2n) is 8.44. The van der Waals surface area contributed by atoms with Gasteiger partial charge in [-0.2, -0.15) is 0 Å². The van der Waals surface area contributed by atoms with Gasteiger partial charge in [-0.25, -0.2) is 4.98 Å². The number of likely N-dealkylation sites (tertiary alicyclic amines) is 1. The number of para-hydroxylation sites is 2. The molecule has 1 aliphatic carbocycles. The van der Waals surface area contributed by atoms with E-state index in [-0.39, 0.29) is 5.91 Å². The Balaban J connectivity index is 1.21. The van der Waals surface area contributed by atoms with Crippen molar-refractivity contribution in [2.45, 2.75) is 44.2 Å². The van der Waals surface area contributed by atoms with Crippen molar-refractivity contribution in [3.63, 3.8) is 0 Å². The van der Waals surface area contributed by atoms with Gasteiger partial charge >= 0.3 is 0 Å². The van der Waals surface area contributed by atoms with Gasteiger partial charge < -0.3 is 19.1 Å². The molecule has 6 heteroatoms. The van der Waals surface area contributed by atoms with E-state index in [1.54, 1.807) is 0 Å². The number of piperidine rings is 1. The summed E-state index contributed by atoms with van der Waals surface area (Å²) >= 11 is 0. The molecule has 1 amide bonds. The molecule has 6 nitrogen and oxygen atoms in total. The average Bonchev–Trinajstić information content (AvgIpc) is 3.42. The Morgan fingerprint density at radius 2 is 1.96 bits per heavy atom. The van der Waals surface area contributed by atoms with Crippen molar-refractivity contribution >= 4 is 11.6 Å². The molecule has 148 valence electrons. The fraction of sp³-hybridized carbons (Fsp3) is 0.545. The summed E-state index contributed by atoms with van der Waals surface area (Å²) in [7, 11) is 2.02. The Morgan fingerprint density at radius 3 is 2.75 bits per heavy atom. The highest BCUT2D eigenvalue weighted by Gasteiger charge is 2.35. The van der Waals surface area contributed by atoms with Crippen LogP contribution in [0, 0.1) is 5.92 Å². The minimum Gasteiger partial charge on any atom is -0.477 e. The van der Waals surface area contributed by atoms with Gasteiger partial charge in [0.1, 0.15) is 11.6 Å². The molecule has 28 heavy (non-hydrogen) atoms. The van der Waals surface area contributed by atoms with E-state index in [0.717, 1.165) is 49.8 Å². The standard InChI is InChI=1S/C22H28N4O2/c1-24-15-20(28-19-5-3-2-4-18(19)24)22(27)25-11-8-17(9-12-25)21-23-10-13-26(21)14-16-6-7-16/h2-5,10,13,16-17,20H,6-9,11-12,14-15H2,1H3/t20-/m1/s1. The van der Waals surface area contributed by atoms with Gasteiger partial charge in [0.15, 0.2) is 6.10 Å². The van der Waals surface area contributed by atoms with Crippen molar-refractivity contribution in [1.82, 2.24) is 14.5 Å². The van der Waals surface area contributed by atoms with Crippen LogP contribution in [-0.4, -0.2) is 53.1 Å². The van der Waals surface area contributed by atoms with Gasteiger partial charge in [-0.3, -0.25) is 4.79 Å². The van der Waals surface area contributed by atoms with E-state index < -0.39 is 6.10 Å². The van der Waals surface area contributed by atoms with Crippen LogP contribution in [0.2, 0.25) is 0 Å². The lowest BCUT2D eigenvalue weighted by Gasteiger charge is -2.38. The second kappa shape index (κ2) is 7.15. The molecule has 2 fully saturated rings. The summed E-state index contributed by atoms with van der Waals surface area (Å²) in [4.78, 5) is 21.8. The van der Waals surface area contributed by atoms with Crippen molar-refractivity contribution in [2.75, 3.05) is 31.6 Å². The minimum atomic E-state index is -0.423. The first-order valence-electron chi connectivity index (χ1n) is 10.5. The van der Waals surface area contributed by atoms with Gasteiger partial charge in [0.05, 0.1) is 12.2 Å². The highest BCUT2D eigenvalue weighted by atomic mass is 16.5. The maximum absolute atomic E-state index is 13.1. The van der Waals surface area contributed by atoms with E-state index in [1.165, 1.54) is 18.7 Å². The third kappa shape index (κ3) is 3.36. The number of ether oxygens (including phenoxy) is 1. The molecule has 5 rings (SSSR count). The molecular weight excluding hydrogens is 352 g/mol. The van der Waals surface area contributed by atoms with E-state index in [2.05, 4.69) is 20.6 Å². The molecule has 2 aliphatic heterocycles. The molecule has 0 unspecified atom stereocenters. The lowest BCUT2D eigenvalue weighted by molar-refractivity contribution is -0.139. The van der Waals surface area contributed by atoms with Gasteiger partial charge in [0.25, 0.3) is 5.91 Å².